The van der Waals surface area contributed by atoms with Crippen molar-refractivity contribution in [3.63, 3.8) is 0 Å². The predicted molar refractivity (Wildman–Crippen MR) is 80.7 cm³/mol. The lowest BCUT2D eigenvalue weighted by molar-refractivity contribution is 0.698. The number of nitrogens with zero attached hydrogens (tertiary/aromatic N) is 2. The molecule has 1 rings (SSSR count). The molecule has 0 amide bonds. The number of guanidine groups is 1. The van der Waals surface area contributed by atoms with Crippen LogP contribution in [0.25, 0.3) is 0 Å². The number of aromatic nitrogens is 1. The molecule has 1 aromatic heterocycles. The van der Waals surface area contributed by atoms with E-state index in [1.165, 1.54) is 4.88 Å². The molecule has 0 aliphatic carbocycles. The van der Waals surface area contributed by atoms with E-state index in [4.69, 9.17) is 0 Å². The van der Waals surface area contributed by atoms with E-state index in [0.717, 1.165) is 17.5 Å². The zero-order valence-corrected chi connectivity index (χ0v) is 13.2. The first-order valence-corrected chi connectivity index (χ1v) is 5.82. The van der Waals surface area contributed by atoms with Crippen molar-refractivity contribution in [2.75, 3.05) is 7.05 Å². The van der Waals surface area contributed by atoms with Crippen molar-refractivity contribution in [3.8, 4) is 0 Å². The number of hydrogen-bond acceptors (Lipinski definition) is 3. The van der Waals surface area contributed by atoms with Crippen molar-refractivity contribution in [2.24, 2.45) is 4.99 Å². The van der Waals surface area contributed by atoms with Gasteiger partial charge in [0, 0.05) is 24.2 Å². The van der Waals surface area contributed by atoms with Crippen molar-refractivity contribution < 1.29 is 0 Å². The van der Waals surface area contributed by atoms with Gasteiger partial charge in [0.2, 0.25) is 0 Å². The molecule has 2 N–H and O–H groups in total. The number of thiazole rings is 1. The molecule has 0 aliphatic heterocycles. The minimum Gasteiger partial charge on any atom is -0.354 e. The maximum Gasteiger partial charge on any atom is 0.191 e. The molecule has 6 heteroatoms. The van der Waals surface area contributed by atoms with Crippen molar-refractivity contribution in [3.05, 3.63) is 16.1 Å². The molecule has 0 fully saturated rings. The van der Waals surface area contributed by atoms with Gasteiger partial charge in [-0.25, -0.2) is 4.98 Å². The summed E-state index contributed by atoms with van der Waals surface area (Å²) in [5.74, 6) is 0.817. The number of halogens is 1. The SMILES string of the molecule is CN=C(NCc1ncc(C)s1)NC(C)C.I. The molecule has 1 aromatic rings. The number of rotatable bonds is 3. The predicted octanol–water partition coefficient (Wildman–Crippen LogP) is 2.14. The van der Waals surface area contributed by atoms with Gasteiger partial charge in [-0.2, -0.15) is 0 Å². The van der Waals surface area contributed by atoms with Crippen LogP contribution < -0.4 is 10.6 Å². The number of aryl methyl sites for hydroxylation is 1. The van der Waals surface area contributed by atoms with Gasteiger partial charge in [-0.3, -0.25) is 4.99 Å². The highest BCUT2D eigenvalue weighted by atomic mass is 127. The molecule has 0 radical (unpaired) electrons. The highest BCUT2D eigenvalue weighted by Gasteiger charge is 2.02. The zero-order chi connectivity index (χ0) is 11.3. The second-order valence-corrected chi connectivity index (χ2v) is 4.91. The Morgan fingerprint density at radius 1 is 1.56 bits per heavy atom. The molecular formula is C10H19IN4S. The van der Waals surface area contributed by atoms with Crippen molar-refractivity contribution >= 4 is 41.3 Å². The van der Waals surface area contributed by atoms with Crippen LogP contribution in [0, 0.1) is 6.92 Å². The fourth-order valence-electron chi connectivity index (χ4n) is 1.11. The first-order valence-electron chi connectivity index (χ1n) is 5.00. The summed E-state index contributed by atoms with van der Waals surface area (Å²) in [5.41, 5.74) is 0. The Hall–Kier alpha value is -0.370. The van der Waals surface area contributed by atoms with Gasteiger partial charge in [-0.05, 0) is 20.8 Å². The highest BCUT2D eigenvalue weighted by Crippen LogP contribution is 2.10. The van der Waals surface area contributed by atoms with Crippen LogP contribution in [0.5, 0.6) is 0 Å². The maximum absolute atomic E-state index is 4.27. The summed E-state index contributed by atoms with van der Waals surface area (Å²) < 4.78 is 0. The first-order chi connectivity index (χ1) is 7.11. The summed E-state index contributed by atoms with van der Waals surface area (Å²) in [7, 11) is 1.77. The molecule has 0 aliphatic rings. The van der Waals surface area contributed by atoms with Crippen molar-refractivity contribution in [2.45, 2.75) is 33.4 Å². The second kappa shape index (κ2) is 7.83. The van der Waals surface area contributed by atoms with E-state index in [2.05, 4.69) is 41.4 Å². The van der Waals surface area contributed by atoms with Gasteiger partial charge in [0.05, 0.1) is 6.54 Å². The molecule has 0 saturated carbocycles. The normalized spacial score (nSPS) is 11.2. The van der Waals surface area contributed by atoms with Gasteiger partial charge in [-0.1, -0.05) is 0 Å². The summed E-state index contributed by atoms with van der Waals surface area (Å²) >= 11 is 1.70. The Morgan fingerprint density at radius 2 is 2.25 bits per heavy atom. The molecule has 0 atom stereocenters. The largest absolute Gasteiger partial charge is 0.354 e. The number of nitrogens with one attached hydrogen (secondary N) is 2. The van der Waals surface area contributed by atoms with Crippen molar-refractivity contribution in [1.82, 2.24) is 15.6 Å². The minimum atomic E-state index is 0. The van der Waals surface area contributed by atoms with Gasteiger partial charge in [0.25, 0.3) is 0 Å². The van der Waals surface area contributed by atoms with Gasteiger partial charge in [0.1, 0.15) is 5.01 Å². The third kappa shape index (κ3) is 5.64. The zero-order valence-electron chi connectivity index (χ0n) is 10.1. The van der Waals surface area contributed by atoms with Gasteiger partial charge < -0.3 is 10.6 Å². The molecule has 92 valence electrons. The van der Waals surface area contributed by atoms with E-state index in [0.29, 0.717) is 6.04 Å². The van der Waals surface area contributed by atoms with Crippen LogP contribution in [0.3, 0.4) is 0 Å². The molecule has 1 heterocycles. The summed E-state index contributed by atoms with van der Waals surface area (Å²) in [4.78, 5) is 9.63. The second-order valence-electron chi connectivity index (χ2n) is 3.59. The number of aliphatic imine (C=N–C) groups is 1. The molecule has 16 heavy (non-hydrogen) atoms. The Balaban J connectivity index is 0.00000225. The van der Waals surface area contributed by atoms with Gasteiger partial charge in [0.15, 0.2) is 5.96 Å². The Kier molecular flexibility index (Phi) is 7.65. The lowest BCUT2D eigenvalue weighted by atomic mass is 10.4. The van der Waals surface area contributed by atoms with Crippen LogP contribution in [0.1, 0.15) is 23.7 Å². The lowest BCUT2D eigenvalue weighted by Crippen LogP contribution is -2.40. The summed E-state index contributed by atoms with van der Waals surface area (Å²) in [6.45, 7) is 6.95. The van der Waals surface area contributed by atoms with E-state index in [1.54, 1.807) is 18.4 Å². The lowest BCUT2D eigenvalue weighted by Gasteiger charge is -2.13. The van der Waals surface area contributed by atoms with E-state index < -0.39 is 0 Å². The standard InChI is InChI=1S/C10H18N4S.HI/c1-7(2)14-10(11-4)13-6-9-12-5-8(3)15-9;/h5,7H,6H2,1-4H3,(H2,11,13,14);1H. The smallest absolute Gasteiger partial charge is 0.191 e. The first kappa shape index (κ1) is 15.6. The Labute approximate surface area is 118 Å². The molecule has 0 spiro atoms. The Morgan fingerprint density at radius 3 is 2.69 bits per heavy atom. The number of hydrogen-bond donors (Lipinski definition) is 2. The average Bonchev–Trinajstić information content (AvgIpc) is 2.58. The molecule has 0 bridgehead atoms. The summed E-state index contributed by atoms with van der Waals surface area (Å²) in [6, 6.07) is 0.384. The van der Waals surface area contributed by atoms with Crippen LogP contribution in [0.4, 0.5) is 0 Å². The highest BCUT2D eigenvalue weighted by molar-refractivity contribution is 14.0. The van der Waals surface area contributed by atoms with E-state index in [1.807, 2.05) is 6.20 Å². The van der Waals surface area contributed by atoms with Gasteiger partial charge >= 0.3 is 0 Å². The fourth-order valence-corrected chi connectivity index (χ4v) is 1.84. The Bertz CT molecular complexity index is 335. The van der Waals surface area contributed by atoms with Crippen LogP contribution >= 0.6 is 35.3 Å². The average molecular weight is 354 g/mol. The molecule has 0 saturated heterocycles. The summed E-state index contributed by atoms with van der Waals surface area (Å²) in [5, 5.41) is 7.52. The van der Waals surface area contributed by atoms with E-state index >= 15 is 0 Å². The van der Waals surface area contributed by atoms with Crippen LogP contribution in [0.2, 0.25) is 0 Å². The maximum atomic E-state index is 4.27. The van der Waals surface area contributed by atoms with Crippen LogP contribution in [0.15, 0.2) is 11.2 Å². The fraction of sp³-hybridized carbons (Fsp3) is 0.600. The van der Waals surface area contributed by atoms with Crippen LogP contribution in [-0.2, 0) is 6.54 Å². The van der Waals surface area contributed by atoms with Gasteiger partial charge in [-0.15, -0.1) is 35.3 Å². The summed E-state index contributed by atoms with van der Waals surface area (Å²) in [6.07, 6.45) is 1.89. The third-order valence-corrected chi connectivity index (χ3v) is 2.64. The molecular weight excluding hydrogens is 335 g/mol. The van der Waals surface area contributed by atoms with Crippen LogP contribution in [-0.4, -0.2) is 24.0 Å². The molecule has 0 aromatic carbocycles. The molecule has 4 nitrogen and oxygen atoms in total. The van der Waals surface area contributed by atoms with Crippen molar-refractivity contribution in [1.29, 1.82) is 0 Å². The molecule has 0 unspecified atom stereocenters. The minimum absolute atomic E-state index is 0. The quantitative estimate of drug-likeness (QED) is 0.497. The third-order valence-electron chi connectivity index (χ3n) is 1.73. The van der Waals surface area contributed by atoms with E-state index in [-0.39, 0.29) is 24.0 Å². The van der Waals surface area contributed by atoms with E-state index in [9.17, 15) is 0 Å². The monoisotopic (exact) mass is 354 g/mol. The topological polar surface area (TPSA) is 49.3 Å².